The van der Waals surface area contributed by atoms with Crippen LogP contribution in [0.5, 0.6) is 5.75 Å². The molecule has 2 rings (SSSR count). The number of ether oxygens (including phenoxy) is 2. The highest BCUT2D eigenvalue weighted by Crippen LogP contribution is 2.31. The van der Waals surface area contributed by atoms with E-state index in [1.54, 1.807) is 0 Å². The molecule has 1 aliphatic rings. The Morgan fingerprint density at radius 2 is 2.25 bits per heavy atom. The number of hydrogen-bond acceptors (Lipinski definition) is 5. The maximum atomic E-state index is 12.6. The van der Waals surface area contributed by atoms with E-state index in [1.165, 1.54) is 12.1 Å². The van der Waals surface area contributed by atoms with Crippen LogP contribution in [0.2, 0.25) is 0 Å². The molecule has 2 N–H and O–H groups in total. The summed E-state index contributed by atoms with van der Waals surface area (Å²) in [5.41, 5.74) is -0.772. The van der Waals surface area contributed by atoms with E-state index in [1.807, 2.05) is 7.05 Å². The number of benzene rings is 1. The van der Waals surface area contributed by atoms with E-state index >= 15 is 0 Å². The molecular formula is C16H23F3N2O3. The molecule has 24 heavy (non-hydrogen) atoms. The van der Waals surface area contributed by atoms with Gasteiger partial charge in [0.2, 0.25) is 0 Å². The lowest BCUT2D eigenvalue weighted by Crippen LogP contribution is -2.46. The molecule has 2 atom stereocenters. The zero-order chi connectivity index (χ0) is 17.6. The van der Waals surface area contributed by atoms with Crippen LogP contribution < -0.4 is 10.1 Å². The maximum absolute atomic E-state index is 12.6. The number of nitrogens with zero attached hydrogens (tertiary/aromatic N) is 1. The maximum Gasteiger partial charge on any atom is 0.416 e. The Kier molecular flexibility index (Phi) is 6.85. The highest BCUT2D eigenvalue weighted by atomic mass is 19.4. The predicted octanol–water partition coefficient (Wildman–Crippen LogP) is 1.37. The number of rotatable bonds is 7. The molecule has 1 saturated heterocycles. The lowest BCUT2D eigenvalue weighted by Gasteiger charge is -2.30. The van der Waals surface area contributed by atoms with Crippen molar-refractivity contribution < 1.29 is 27.8 Å². The van der Waals surface area contributed by atoms with Crippen molar-refractivity contribution >= 4 is 0 Å². The topological polar surface area (TPSA) is 54.0 Å². The second-order valence-corrected chi connectivity index (χ2v) is 5.90. The van der Waals surface area contributed by atoms with Crippen LogP contribution in [0.25, 0.3) is 0 Å². The Bertz CT molecular complexity index is 514. The van der Waals surface area contributed by atoms with Gasteiger partial charge in [-0.05, 0) is 25.2 Å². The summed E-state index contributed by atoms with van der Waals surface area (Å²) in [5.74, 6) is 0.0844. The van der Waals surface area contributed by atoms with Crippen LogP contribution >= 0.6 is 0 Å². The first-order chi connectivity index (χ1) is 11.3. The lowest BCUT2D eigenvalue weighted by atomic mass is 10.2. The van der Waals surface area contributed by atoms with Gasteiger partial charge in [-0.1, -0.05) is 6.07 Å². The van der Waals surface area contributed by atoms with E-state index in [4.69, 9.17) is 9.47 Å². The van der Waals surface area contributed by atoms with Gasteiger partial charge in [0, 0.05) is 26.2 Å². The number of hydrogen-bond donors (Lipinski definition) is 2. The number of nitrogens with one attached hydrogen (secondary N) is 1. The highest BCUT2D eigenvalue weighted by Gasteiger charge is 2.30. The summed E-state index contributed by atoms with van der Waals surface area (Å²) in [6, 6.07) is 4.61. The molecule has 1 aliphatic heterocycles. The quantitative estimate of drug-likeness (QED) is 0.779. The van der Waals surface area contributed by atoms with E-state index in [2.05, 4.69) is 10.2 Å². The minimum Gasteiger partial charge on any atom is -0.491 e. The second kappa shape index (κ2) is 8.66. The first-order valence-corrected chi connectivity index (χ1v) is 7.83. The molecule has 1 aromatic rings. The third-order valence-electron chi connectivity index (χ3n) is 3.70. The fourth-order valence-electron chi connectivity index (χ4n) is 2.41. The zero-order valence-corrected chi connectivity index (χ0v) is 13.6. The molecule has 0 amide bonds. The molecule has 0 spiro atoms. The van der Waals surface area contributed by atoms with E-state index in [9.17, 15) is 18.3 Å². The lowest BCUT2D eigenvalue weighted by molar-refractivity contribution is -0.137. The molecule has 5 nitrogen and oxygen atoms in total. The Morgan fingerprint density at radius 3 is 2.96 bits per heavy atom. The van der Waals surface area contributed by atoms with Crippen LogP contribution in [0.1, 0.15) is 5.56 Å². The smallest absolute Gasteiger partial charge is 0.416 e. The number of alkyl halides is 3. The van der Waals surface area contributed by atoms with Crippen molar-refractivity contribution in [2.45, 2.75) is 18.4 Å². The normalized spacial score (nSPS) is 20.8. The van der Waals surface area contributed by atoms with Gasteiger partial charge in [-0.25, -0.2) is 0 Å². The number of morpholine rings is 1. The number of halogens is 3. The van der Waals surface area contributed by atoms with Crippen molar-refractivity contribution in [3.8, 4) is 5.75 Å². The molecule has 1 heterocycles. The van der Waals surface area contributed by atoms with Crippen LogP contribution in [-0.4, -0.2) is 68.7 Å². The third kappa shape index (κ3) is 6.27. The Hall–Kier alpha value is -1.35. The minimum atomic E-state index is -4.41. The number of likely N-dealkylation sites (N-methyl/N-ethyl adjacent to an activating group) is 1. The average Bonchev–Trinajstić information content (AvgIpc) is 2.52. The van der Waals surface area contributed by atoms with Crippen molar-refractivity contribution in [1.82, 2.24) is 10.2 Å². The van der Waals surface area contributed by atoms with Gasteiger partial charge >= 0.3 is 6.18 Å². The molecule has 1 fully saturated rings. The van der Waals surface area contributed by atoms with Crippen LogP contribution in [-0.2, 0) is 10.9 Å². The first kappa shape index (κ1) is 19.0. The third-order valence-corrected chi connectivity index (χ3v) is 3.70. The van der Waals surface area contributed by atoms with E-state index in [0.29, 0.717) is 13.2 Å². The summed E-state index contributed by atoms with van der Waals surface area (Å²) in [4.78, 5) is 2.17. The molecule has 8 heteroatoms. The monoisotopic (exact) mass is 348 g/mol. The van der Waals surface area contributed by atoms with Crippen LogP contribution in [0.3, 0.4) is 0 Å². The van der Waals surface area contributed by atoms with Crippen LogP contribution in [0.15, 0.2) is 24.3 Å². The van der Waals surface area contributed by atoms with Crippen molar-refractivity contribution in [2.24, 2.45) is 0 Å². The molecule has 0 aliphatic carbocycles. The molecule has 0 bridgehead atoms. The molecule has 1 aromatic carbocycles. The minimum absolute atomic E-state index is 0.0698. The summed E-state index contributed by atoms with van der Waals surface area (Å²) in [5, 5.41) is 12.9. The van der Waals surface area contributed by atoms with Gasteiger partial charge in [-0.2, -0.15) is 13.2 Å². The van der Waals surface area contributed by atoms with Crippen molar-refractivity contribution in [1.29, 1.82) is 0 Å². The SMILES string of the molecule is CN1CCO[C@@H](CNC[C@H](O)COc2cccc(C(F)(F)F)c2)C1. The molecule has 0 aromatic heterocycles. The highest BCUT2D eigenvalue weighted by molar-refractivity contribution is 5.30. The van der Waals surface area contributed by atoms with Gasteiger partial charge in [0.05, 0.1) is 18.3 Å². The molecule has 0 saturated carbocycles. The van der Waals surface area contributed by atoms with E-state index < -0.39 is 17.8 Å². The van der Waals surface area contributed by atoms with Gasteiger partial charge < -0.3 is 24.8 Å². The fraction of sp³-hybridized carbons (Fsp3) is 0.625. The molecule has 0 radical (unpaired) electrons. The molecule has 0 unspecified atom stereocenters. The summed E-state index contributed by atoms with van der Waals surface area (Å²) < 4.78 is 48.6. The van der Waals surface area contributed by atoms with Gasteiger partial charge in [-0.15, -0.1) is 0 Å². The summed E-state index contributed by atoms with van der Waals surface area (Å²) in [7, 11) is 2.02. The van der Waals surface area contributed by atoms with Crippen molar-refractivity contribution in [3.05, 3.63) is 29.8 Å². The van der Waals surface area contributed by atoms with Gasteiger partial charge in [0.25, 0.3) is 0 Å². The standard InChI is InChI=1S/C16H23F3N2O3/c1-21-5-6-23-15(10-21)9-20-8-13(22)11-24-14-4-2-3-12(7-14)16(17,18)19/h2-4,7,13,15,20,22H,5-6,8-11H2,1H3/t13-,15-/m0/s1. The Labute approximate surface area is 139 Å². The van der Waals surface area contributed by atoms with Crippen LogP contribution in [0.4, 0.5) is 13.2 Å². The Morgan fingerprint density at radius 1 is 1.46 bits per heavy atom. The summed E-state index contributed by atoms with van der Waals surface area (Å²) in [6.45, 7) is 3.21. The van der Waals surface area contributed by atoms with Gasteiger partial charge in [0.15, 0.2) is 0 Å². The average molecular weight is 348 g/mol. The van der Waals surface area contributed by atoms with Gasteiger partial charge in [0.1, 0.15) is 18.5 Å². The second-order valence-electron chi connectivity index (χ2n) is 5.90. The molecule has 136 valence electrons. The van der Waals surface area contributed by atoms with Crippen molar-refractivity contribution in [2.75, 3.05) is 46.4 Å². The predicted molar refractivity (Wildman–Crippen MR) is 83.1 cm³/mol. The number of aliphatic hydroxyl groups is 1. The van der Waals surface area contributed by atoms with E-state index in [-0.39, 0.29) is 25.0 Å². The fourth-order valence-corrected chi connectivity index (χ4v) is 2.41. The van der Waals surface area contributed by atoms with Gasteiger partial charge in [-0.3, -0.25) is 0 Å². The number of aliphatic hydroxyl groups excluding tert-OH is 1. The van der Waals surface area contributed by atoms with Crippen molar-refractivity contribution in [3.63, 3.8) is 0 Å². The zero-order valence-electron chi connectivity index (χ0n) is 13.6. The summed E-state index contributed by atoms with van der Waals surface area (Å²) >= 11 is 0. The first-order valence-electron chi connectivity index (χ1n) is 7.83. The van der Waals surface area contributed by atoms with E-state index in [0.717, 1.165) is 25.2 Å². The summed E-state index contributed by atoms with van der Waals surface area (Å²) in [6.07, 6.45) is -5.16. The Balaban J connectivity index is 1.68. The van der Waals surface area contributed by atoms with Crippen LogP contribution in [0, 0.1) is 0 Å². The largest absolute Gasteiger partial charge is 0.491 e. The molecular weight excluding hydrogens is 325 g/mol.